The Morgan fingerprint density at radius 3 is 0.863 bits per heavy atom. The monoisotopic (exact) mass is 1390 g/mol. The highest BCUT2D eigenvalue weighted by atomic mass is 31.2. The predicted molar refractivity (Wildman–Crippen MR) is 386 cm³/mol. The van der Waals surface area contributed by atoms with Gasteiger partial charge < -0.3 is 33.8 Å². The Morgan fingerprint density at radius 1 is 0.326 bits per heavy atom. The first-order chi connectivity index (χ1) is 46.0. The molecule has 0 aliphatic carbocycles. The number of rotatable bonds is 74. The molecule has 0 amide bonds. The van der Waals surface area contributed by atoms with E-state index in [1.54, 1.807) is 0 Å². The second-order valence-corrected chi connectivity index (χ2v) is 30.1. The van der Waals surface area contributed by atoms with Gasteiger partial charge >= 0.3 is 39.5 Å². The molecule has 3 N–H and O–H groups in total. The quantitative estimate of drug-likeness (QED) is 0.0169. The van der Waals surface area contributed by atoms with Crippen LogP contribution in [0.3, 0.4) is 0 Å². The summed E-state index contributed by atoms with van der Waals surface area (Å²) in [6.45, 7) is 7.22. The average Bonchev–Trinajstić information content (AvgIpc) is 1.99. The maximum Gasteiger partial charge on any atom is 0.472 e. The van der Waals surface area contributed by atoms with Gasteiger partial charge in [-0.25, -0.2) is 9.13 Å². The second kappa shape index (κ2) is 68.7. The van der Waals surface area contributed by atoms with Gasteiger partial charge in [0.15, 0.2) is 12.2 Å². The second-order valence-electron chi connectivity index (χ2n) is 27.2. The lowest BCUT2D eigenvalue weighted by atomic mass is 10.0. The number of aliphatic hydroxyl groups excluding tert-OH is 1. The molecule has 0 bridgehead atoms. The molecule has 0 radical (unpaired) electrons. The molecule has 0 rings (SSSR count). The number of carbonyl (C=O) groups excluding carboxylic acids is 4. The van der Waals surface area contributed by atoms with E-state index in [0.717, 1.165) is 115 Å². The van der Waals surface area contributed by atoms with E-state index >= 15 is 0 Å². The third-order valence-electron chi connectivity index (χ3n) is 17.2. The molecular formula is C76H144O17P2. The normalized spacial score (nSPS) is 14.1. The van der Waals surface area contributed by atoms with E-state index in [1.165, 1.54) is 180 Å². The third kappa shape index (κ3) is 69.8. The summed E-state index contributed by atoms with van der Waals surface area (Å²) in [7, 11) is -9.92. The molecule has 19 heteroatoms. The van der Waals surface area contributed by atoms with Crippen molar-refractivity contribution in [3.8, 4) is 0 Å². The van der Waals surface area contributed by atoms with Gasteiger partial charge in [0.1, 0.15) is 19.3 Å². The highest BCUT2D eigenvalue weighted by molar-refractivity contribution is 7.47. The van der Waals surface area contributed by atoms with Crippen LogP contribution in [0.25, 0.3) is 0 Å². The molecule has 0 heterocycles. The summed E-state index contributed by atoms with van der Waals surface area (Å²) >= 11 is 0. The first-order valence-electron chi connectivity index (χ1n) is 39.0. The molecule has 0 aromatic rings. The van der Waals surface area contributed by atoms with Crippen molar-refractivity contribution >= 4 is 39.5 Å². The summed E-state index contributed by atoms with van der Waals surface area (Å²) in [6.07, 6.45) is 60.3. The van der Waals surface area contributed by atoms with Crippen LogP contribution in [0.5, 0.6) is 0 Å². The largest absolute Gasteiger partial charge is 0.472 e. The van der Waals surface area contributed by atoms with Crippen LogP contribution in [0.15, 0.2) is 24.3 Å². The van der Waals surface area contributed by atoms with Crippen molar-refractivity contribution in [1.29, 1.82) is 0 Å². The maximum absolute atomic E-state index is 13.1. The molecule has 560 valence electrons. The molecule has 17 nitrogen and oxygen atoms in total. The zero-order valence-corrected chi connectivity index (χ0v) is 63.1. The molecule has 95 heavy (non-hydrogen) atoms. The number of ether oxygens (including phenoxy) is 4. The smallest absolute Gasteiger partial charge is 0.462 e. The lowest BCUT2D eigenvalue weighted by Gasteiger charge is -2.21. The minimum absolute atomic E-state index is 0.102. The van der Waals surface area contributed by atoms with Gasteiger partial charge in [0.2, 0.25) is 0 Å². The number of phosphoric ester groups is 2. The minimum atomic E-state index is -4.96. The van der Waals surface area contributed by atoms with Crippen LogP contribution in [0.1, 0.15) is 375 Å². The van der Waals surface area contributed by atoms with Gasteiger partial charge in [-0.05, 0) is 57.3 Å². The van der Waals surface area contributed by atoms with Crippen molar-refractivity contribution in [3.63, 3.8) is 0 Å². The van der Waals surface area contributed by atoms with Gasteiger partial charge in [0.05, 0.1) is 26.4 Å². The molecule has 0 saturated heterocycles. The summed E-state index contributed by atoms with van der Waals surface area (Å²) in [6, 6.07) is 0. The van der Waals surface area contributed by atoms with E-state index in [-0.39, 0.29) is 25.7 Å². The fourth-order valence-electron chi connectivity index (χ4n) is 11.2. The van der Waals surface area contributed by atoms with Crippen molar-refractivity contribution in [3.05, 3.63) is 24.3 Å². The number of hydrogen-bond donors (Lipinski definition) is 3. The van der Waals surface area contributed by atoms with Crippen molar-refractivity contribution in [1.82, 2.24) is 0 Å². The van der Waals surface area contributed by atoms with Gasteiger partial charge in [0, 0.05) is 25.7 Å². The van der Waals surface area contributed by atoms with Crippen LogP contribution in [0.4, 0.5) is 0 Å². The number of hydrogen-bond acceptors (Lipinski definition) is 15. The summed E-state index contributed by atoms with van der Waals surface area (Å²) in [5.41, 5.74) is 0. The van der Waals surface area contributed by atoms with E-state index in [4.69, 9.17) is 37.0 Å². The molecule has 0 aromatic carbocycles. The lowest BCUT2D eigenvalue weighted by Crippen LogP contribution is -2.30. The van der Waals surface area contributed by atoms with E-state index in [2.05, 4.69) is 58.9 Å². The van der Waals surface area contributed by atoms with Crippen molar-refractivity contribution in [2.24, 2.45) is 5.92 Å². The molecule has 0 saturated carbocycles. The van der Waals surface area contributed by atoms with Gasteiger partial charge in [-0.15, -0.1) is 0 Å². The molecule has 2 unspecified atom stereocenters. The Hall–Kier alpha value is -2.46. The van der Waals surface area contributed by atoms with Crippen LogP contribution in [0, 0.1) is 5.92 Å². The van der Waals surface area contributed by atoms with E-state index in [0.29, 0.717) is 25.7 Å². The Balaban J connectivity index is 5.28. The van der Waals surface area contributed by atoms with Gasteiger partial charge in [-0.2, -0.15) is 0 Å². The standard InChI is InChI=1S/C76H144O17P2/c1-6-9-12-15-18-21-24-26-28-30-32-36-41-46-51-56-61-75(80)92-72(66-87-74(79)60-55-50-45-40-35-31-29-27-25-22-19-16-13-10-7-2)68-91-95(84,85)89-64-70(77)63-88-94(82,83)90-67-71(65-86-73(78)59-54-49-44-39-23-20-17-14-11-8-3)93-76(81)62-57-52-47-42-37-33-34-38-43-48-53-58-69(4)5/h22,25,27,29,69-72,77H,6-21,23-24,26,28,30-68H2,1-5H3,(H,82,83)(H,84,85)/b25-22-,29-27-/t70-,71+,72+/m0/s1. The lowest BCUT2D eigenvalue weighted by molar-refractivity contribution is -0.161. The van der Waals surface area contributed by atoms with E-state index in [1.807, 2.05) is 0 Å². The van der Waals surface area contributed by atoms with E-state index < -0.39 is 97.5 Å². The van der Waals surface area contributed by atoms with Crippen LogP contribution in [-0.2, 0) is 65.4 Å². The van der Waals surface area contributed by atoms with Crippen molar-refractivity contribution in [2.45, 2.75) is 393 Å². The fourth-order valence-corrected chi connectivity index (χ4v) is 12.7. The SMILES string of the molecule is CCCCCC/C=C\C=C/CCCCCCCC(=O)OC[C@H](COP(=O)(O)OC[C@@H](O)COP(=O)(O)OC[C@@H](COC(=O)CCCCCCCCCCCC)OC(=O)CCCCCCCCCCCCCC(C)C)OC(=O)CCCCCCCCCCCCCCCCCC. The Labute approximate surface area is 580 Å². The van der Waals surface area contributed by atoms with Crippen LogP contribution >= 0.6 is 15.6 Å². The molecule has 0 aliphatic heterocycles. The van der Waals surface area contributed by atoms with Crippen LogP contribution in [0.2, 0.25) is 0 Å². The van der Waals surface area contributed by atoms with Crippen molar-refractivity contribution < 1.29 is 80.2 Å². The van der Waals surface area contributed by atoms with E-state index in [9.17, 15) is 43.2 Å². The average molecular weight is 1390 g/mol. The first kappa shape index (κ1) is 92.5. The highest BCUT2D eigenvalue weighted by Crippen LogP contribution is 2.45. The number of allylic oxidation sites excluding steroid dienone is 4. The Bertz CT molecular complexity index is 1920. The maximum atomic E-state index is 13.1. The number of carbonyl (C=O) groups is 4. The Morgan fingerprint density at radius 2 is 0.568 bits per heavy atom. The molecule has 0 fully saturated rings. The van der Waals surface area contributed by atoms with Crippen molar-refractivity contribution in [2.75, 3.05) is 39.6 Å². The number of esters is 4. The molecule has 0 aliphatic rings. The molecule has 5 atom stereocenters. The molecular weight excluding hydrogens is 1250 g/mol. The number of phosphoric acid groups is 2. The number of unbranched alkanes of at least 4 members (excludes halogenated alkanes) is 43. The third-order valence-corrected chi connectivity index (χ3v) is 19.1. The first-order valence-corrected chi connectivity index (χ1v) is 41.9. The summed E-state index contributed by atoms with van der Waals surface area (Å²) in [5, 5.41) is 10.6. The summed E-state index contributed by atoms with van der Waals surface area (Å²) in [4.78, 5) is 72.8. The molecule has 0 spiro atoms. The zero-order valence-electron chi connectivity index (χ0n) is 61.3. The van der Waals surface area contributed by atoms with Crippen LogP contribution < -0.4 is 0 Å². The number of aliphatic hydroxyl groups is 1. The molecule has 0 aromatic heterocycles. The van der Waals surface area contributed by atoms with Gasteiger partial charge in [0.25, 0.3) is 0 Å². The topological polar surface area (TPSA) is 237 Å². The zero-order chi connectivity index (χ0) is 69.8. The minimum Gasteiger partial charge on any atom is -0.462 e. The van der Waals surface area contributed by atoms with Crippen LogP contribution in [-0.4, -0.2) is 96.7 Å². The van der Waals surface area contributed by atoms with Gasteiger partial charge in [-0.1, -0.05) is 322 Å². The Kier molecular flexibility index (Phi) is 66.9. The fraction of sp³-hybridized carbons (Fsp3) is 0.895. The summed E-state index contributed by atoms with van der Waals surface area (Å²) in [5.74, 6) is -1.38. The van der Waals surface area contributed by atoms with Gasteiger partial charge in [-0.3, -0.25) is 37.3 Å². The summed E-state index contributed by atoms with van der Waals surface area (Å²) < 4.78 is 68.5. The predicted octanol–water partition coefficient (Wildman–Crippen LogP) is 22.0. The highest BCUT2D eigenvalue weighted by Gasteiger charge is 2.30.